The molecule has 1 aliphatic rings. The summed E-state index contributed by atoms with van der Waals surface area (Å²) in [6, 6.07) is 1.06. The number of anilines is 1. The van der Waals surface area contributed by atoms with Crippen LogP contribution in [0.5, 0.6) is 0 Å². The summed E-state index contributed by atoms with van der Waals surface area (Å²) in [6.45, 7) is 6.27. The quantitative estimate of drug-likeness (QED) is 0.757. The maximum Gasteiger partial charge on any atom is 0.434 e. The van der Waals surface area contributed by atoms with E-state index in [0.29, 0.717) is 13.1 Å². The number of aryl methyl sites for hydroxylation is 2. The molecule has 0 N–H and O–H groups in total. The van der Waals surface area contributed by atoms with Crippen LogP contribution in [0.2, 0.25) is 0 Å². The van der Waals surface area contributed by atoms with Gasteiger partial charge in [0.25, 0.3) is 0 Å². The highest BCUT2D eigenvalue weighted by molar-refractivity contribution is 5.56. The van der Waals surface area contributed by atoms with Gasteiger partial charge < -0.3 is 4.90 Å². The minimum absolute atomic E-state index is 0.0144. The van der Waals surface area contributed by atoms with Crippen LogP contribution in [0.1, 0.15) is 41.3 Å². The highest BCUT2D eigenvalue weighted by Gasteiger charge is 2.37. The molecule has 2 aromatic rings. The van der Waals surface area contributed by atoms with Gasteiger partial charge in [-0.15, -0.1) is 0 Å². The summed E-state index contributed by atoms with van der Waals surface area (Å²) in [5.74, 6) is -0.666. The van der Waals surface area contributed by atoms with Gasteiger partial charge in [0, 0.05) is 43.4 Å². The molecule has 26 heavy (non-hydrogen) atoms. The first kappa shape index (κ1) is 18.4. The lowest BCUT2D eigenvalue weighted by Gasteiger charge is -2.33. The number of rotatable bonds is 3. The Labute approximate surface area is 149 Å². The molecule has 2 aromatic heterocycles. The third-order valence-electron chi connectivity index (χ3n) is 4.85. The Morgan fingerprint density at radius 3 is 2.42 bits per heavy atom. The van der Waals surface area contributed by atoms with Crippen molar-refractivity contribution < 1.29 is 17.6 Å². The average Bonchev–Trinajstić information content (AvgIpc) is 2.92. The topological polar surface area (TPSA) is 34.0 Å². The second kappa shape index (κ2) is 6.74. The summed E-state index contributed by atoms with van der Waals surface area (Å²) in [5, 5.41) is 4.24. The largest absolute Gasteiger partial charge is 0.434 e. The van der Waals surface area contributed by atoms with Crippen LogP contribution in [0, 0.1) is 12.7 Å². The molecular weight excluding hydrogens is 348 g/mol. The van der Waals surface area contributed by atoms with Crippen LogP contribution in [0.15, 0.2) is 18.8 Å². The van der Waals surface area contributed by atoms with Gasteiger partial charge in [-0.05, 0) is 25.3 Å². The molecule has 3 rings (SSSR count). The third kappa shape index (κ3) is 3.32. The number of alkyl halides is 3. The fraction of sp³-hybridized carbons (Fsp3) is 0.444. The van der Waals surface area contributed by atoms with Gasteiger partial charge in [-0.1, -0.05) is 12.7 Å². The zero-order valence-electron chi connectivity index (χ0n) is 14.6. The van der Waals surface area contributed by atoms with Crippen molar-refractivity contribution in [3.8, 4) is 0 Å². The molecule has 0 amide bonds. The third-order valence-corrected chi connectivity index (χ3v) is 4.85. The van der Waals surface area contributed by atoms with Crippen LogP contribution in [0.3, 0.4) is 0 Å². The highest BCUT2D eigenvalue weighted by atomic mass is 19.4. The summed E-state index contributed by atoms with van der Waals surface area (Å²) < 4.78 is 55.6. The Bertz CT molecular complexity index is 798. The molecule has 1 saturated heterocycles. The molecule has 1 aliphatic heterocycles. The molecule has 3 heterocycles. The van der Waals surface area contributed by atoms with Gasteiger partial charge in [0.2, 0.25) is 0 Å². The number of pyridine rings is 1. The molecule has 0 atom stereocenters. The molecule has 0 saturated carbocycles. The number of piperidine rings is 1. The summed E-state index contributed by atoms with van der Waals surface area (Å²) in [5.41, 5.74) is 0.403. The Kier molecular flexibility index (Phi) is 4.77. The van der Waals surface area contributed by atoms with Gasteiger partial charge in [-0.2, -0.15) is 18.3 Å². The van der Waals surface area contributed by atoms with Gasteiger partial charge >= 0.3 is 6.18 Å². The van der Waals surface area contributed by atoms with Crippen molar-refractivity contribution in [2.45, 2.75) is 31.9 Å². The predicted molar refractivity (Wildman–Crippen MR) is 91.4 cm³/mol. The predicted octanol–water partition coefficient (Wildman–Crippen LogP) is 4.31. The smallest absolute Gasteiger partial charge is 0.356 e. The summed E-state index contributed by atoms with van der Waals surface area (Å²) in [4.78, 5) is 5.40. The summed E-state index contributed by atoms with van der Waals surface area (Å²) >= 11 is 0. The fourth-order valence-corrected chi connectivity index (χ4v) is 3.61. The first-order valence-corrected chi connectivity index (χ1v) is 8.36. The van der Waals surface area contributed by atoms with E-state index in [1.807, 2.05) is 24.9 Å². The van der Waals surface area contributed by atoms with Crippen molar-refractivity contribution in [1.29, 1.82) is 0 Å². The summed E-state index contributed by atoms with van der Waals surface area (Å²) in [7, 11) is 1.88. The Morgan fingerprint density at radius 1 is 1.27 bits per heavy atom. The van der Waals surface area contributed by atoms with E-state index < -0.39 is 23.3 Å². The lowest BCUT2D eigenvalue weighted by Crippen LogP contribution is -2.34. The summed E-state index contributed by atoms with van der Waals surface area (Å²) in [6.07, 6.45) is -0.582. The van der Waals surface area contributed by atoms with Crippen molar-refractivity contribution in [3.05, 3.63) is 47.2 Å². The Balaban J connectivity index is 1.84. The van der Waals surface area contributed by atoms with Gasteiger partial charge in [0.05, 0.1) is 6.20 Å². The molecule has 1 fully saturated rings. The van der Waals surface area contributed by atoms with Crippen molar-refractivity contribution in [2.75, 3.05) is 18.0 Å². The SMILES string of the molecule is C=Cc1c(F)cc(N2CCC(c3c(C)cnn3C)CC2)nc1C(F)(F)F. The number of hydrogen-bond donors (Lipinski definition) is 0. The fourth-order valence-electron chi connectivity index (χ4n) is 3.61. The van der Waals surface area contributed by atoms with Crippen LogP contribution in [-0.4, -0.2) is 27.9 Å². The van der Waals surface area contributed by atoms with Crippen LogP contribution in [0.4, 0.5) is 23.4 Å². The number of nitrogens with zero attached hydrogens (tertiary/aromatic N) is 4. The first-order valence-electron chi connectivity index (χ1n) is 8.36. The zero-order chi connectivity index (χ0) is 19.1. The second-order valence-electron chi connectivity index (χ2n) is 6.52. The molecule has 8 heteroatoms. The zero-order valence-corrected chi connectivity index (χ0v) is 14.6. The van der Waals surface area contributed by atoms with Gasteiger partial charge in [0.1, 0.15) is 11.6 Å². The molecule has 0 radical (unpaired) electrons. The van der Waals surface area contributed by atoms with E-state index in [9.17, 15) is 17.6 Å². The molecule has 0 bridgehead atoms. The normalized spacial score (nSPS) is 16.2. The van der Waals surface area contributed by atoms with E-state index in [2.05, 4.69) is 16.7 Å². The Morgan fingerprint density at radius 2 is 1.92 bits per heavy atom. The maximum absolute atomic E-state index is 14.2. The first-order chi connectivity index (χ1) is 12.2. The lowest BCUT2D eigenvalue weighted by atomic mass is 9.91. The molecule has 0 spiro atoms. The maximum atomic E-state index is 14.2. The van der Waals surface area contributed by atoms with Crippen LogP contribution < -0.4 is 4.90 Å². The van der Waals surface area contributed by atoms with Crippen LogP contribution in [0.25, 0.3) is 6.08 Å². The standard InChI is InChI=1S/C18H20F4N4/c1-4-13-14(19)9-15(24-17(13)18(20,21)22)26-7-5-12(6-8-26)16-11(2)10-23-25(16)3/h4,9-10,12H,1,5-8H2,2-3H3. The van der Waals surface area contributed by atoms with Crippen molar-refractivity contribution >= 4 is 11.9 Å². The molecular formula is C18H20F4N4. The number of hydrogen-bond acceptors (Lipinski definition) is 3. The highest BCUT2D eigenvalue weighted by Crippen LogP contribution is 2.36. The molecule has 140 valence electrons. The monoisotopic (exact) mass is 368 g/mol. The minimum Gasteiger partial charge on any atom is -0.356 e. The number of halogens is 4. The van der Waals surface area contributed by atoms with E-state index in [-0.39, 0.29) is 11.7 Å². The van der Waals surface area contributed by atoms with Crippen LogP contribution >= 0.6 is 0 Å². The number of aromatic nitrogens is 3. The Hall–Kier alpha value is -2.38. The average molecular weight is 368 g/mol. The minimum atomic E-state index is -4.73. The van der Waals surface area contributed by atoms with E-state index in [1.54, 1.807) is 4.90 Å². The van der Waals surface area contributed by atoms with Gasteiger partial charge in [-0.25, -0.2) is 9.37 Å². The van der Waals surface area contributed by atoms with Crippen molar-refractivity contribution in [2.24, 2.45) is 7.05 Å². The lowest BCUT2D eigenvalue weighted by molar-refractivity contribution is -0.141. The molecule has 4 nitrogen and oxygen atoms in total. The molecule has 0 aromatic carbocycles. The molecule has 0 aliphatic carbocycles. The van der Waals surface area contributed by atoms with E-state index >= 15 is 0 Å². The van der Waals surface area contributed by atoms with Gasteiger partial charge in [0.15, 0.2) is 5.69 Å². The molecule has 0 unspecified atom stereocenters. The van der Waals surface area contributed by atoms with Crippen molar-refractivity contribution in [3.63, 3.8) is 0 Å². The van der Waals surface area contributed by atoms with E-state index in [0.717, 1.165) is 36.2 Å². The van der Waals surface area contributed by atoms with Crippen LogP contribution in [-0.2, 0) is 13.2 Å². The van der Waals surface area contributed by atoms with E-state index in [1.165, 1.54) is 0 Å². The van der Waals surface area contributed by atoms with E-state index in [4.69, 9.17) is 0 Å². The van der Waals surface area contributed by atoms with Crippen molar-refractivity contribution in [1.82, 2.24) is 14.8 Å². The van der Waals surface area contributed by atoms with Gasteiger partial charge in [-0.3, -0.25) is 4.68 Å². The second-order valence-corrected chi connectivity index (χ2v) is 6.52.